The summed E-state index contributed by atoms with van der Waals surface area (Å²) in [6.07, 6.45) is 0. The van der Waals surface area contributed by atoms with Gasteiger partial charge >= 0.3 is 5.69 Å². The van der Waals surface area contributed by atoms with Gasteiger partial charge in [0.15, 0.2) is 0 Å². The van der Waals surface area contributed by atoms with Crippen LogP contribution in [0.4, 0.5) is 5.69 Å². The zero-order valence-corrected chi connectivity index (χ0v) is 13.4. The summed E-state index contributed by atoms with van der Waals surface area (Å²) < 4.78 is 3.13. The van der Waals surface area contributed by atoms with Crippen molar-refractivity contribution in [2.75, 3.05) is 5.32 Å². The van der Waals surface area contributed by atoms with Crippen LogP contribution in [0.2, 0.25) is 5.02 Å². The van der Waals surface area contributed by atoms with Crippen LogP contribution in [0.25, 0.3) is 11.0 Å². The summed E-state index contributed by atoms with van der Waals surface area (Å²) >= 11 is 6.04. The number of hydrogen-bond donors (Lipinski definition) is 1. The van der Waals surface area contributed by atoms with Gasteiger partial charge in [0.1, 0.15) is 6.54 Å². The minimum atomic E-state index is -0.292. The van der Waals surface area contributed by atoms with E-state index < -0.39 is 0 Å². The number of fused-ring (bicyclic) bond motifs is 1. The van der Waals surface area contributed by atoms with Crippen LogP contribution in [-0.2, 0) is 17.9 Å². The maximum absolute atomic E-state index is 12.5. The van der Waals surface area contributed by atoms with Gasteiger partial charge in [-0.3, -0.25) is 13.9 Å². The summed E-state index contributed by atoms with van der Waals surface area (Å²) in [5, 5.41) is 3.20. The number of hydrogen-bond acceptors (Lipinski definition) is 2. The summed E-state index contributed by atoms with van der Waals surface area (Å²) in [5.41, 5.74) is 1.91. The van der Waals surface area contributed by atoms with Gasteiger partial charge in [-0.2, -0.15) is 0 Å². The lowest BCUT2D eigenvalue weighted by atomic mass is 10.3. The Morgan fingerprint density at radius 2 is 1.65 bits per heavy atom. The van der Waals surface area contributed by atoms with Crippen molar-refractivity contribution in [1.29, 1.82) is 0 Å². The molecule has 23 heavy (non-hydrogen) atoms. The maximum Gasteiger partial charge on any atom is 0.329 e. The number of carbonyl (C=O) groups is 1. The van der Waals surface area contributed by atoms with Gasteiger partial charge in [0, 0.05) is 6.54 Å². The number of aromatic nitrogens is 2. The standard InChI is InChI=1S/C17H16ClN3O2/c1-2-20-14-9-5-6-10-15(14)21(17(20)23)11-16(22)19-13-8-4-3-7-12(13)18/h3-10H,2,11H2,1H3,(H,19,22). The number of benzene rings is 2. The number of carbonyl (C=O) groups excluding carboxylic acids is 1. The molecular formula is C17H16ClN3O2. The van der Waals surface area contributed by atoms with E-state index in [-0.39, 0.29) is 18.1 Å². The van der Waals surface area contributed by atoms with Gasteiger partial charge in [0.2, 0.25) is 5.91 Å². The third-order valence-corrected chi connectivity index (χ3v) is 4.02. The summed E-state index contributed by atoms with van der Waals surface area (Å²) in [5.74, 6) is -0.292. The van der Waals surface area contributed by atoms with Crippen LogP contribution in [0.3, 0.4) is 0 Å². The molecule has 0 saturated carbocycles. The molecular weight excluding hydrogens is 314 g/mol. The van der Waals surface area contributed by atoms with E-state index in [1.807, 2.05) is 31.2 Å². The van der Waals surface area contributed by atoms with Crippen LogP contribution in [0, 0.1) is 0 Å². The quantitative estimate of drug-likeness (QED) is 0.799. The van der Waals surface area contributed by atoms with Crippen molar-refractivity contribution in [2.45, 2.75) is 20.0 Å². The number of aryl methyl sites for hydroxylation is 1. The van der Waals surface area contributed by atoms with Crippen molar-refractivity contribution in [3.05, 3.63) is 64.0 Å². The summed E-state index contributed by atoms with van der Waals surface area (Å²) in [6, 6.07) is 14.4. The lowest BCUT2D eigenvalue weighted by Crippen LogP contribution is -2.29. The average molecular weight is 330 g/mol. The normalized spacial score (nSPS) is 10.9. The maximum atomic E-state index is 12.5. The Morgan fingerprint density at radius 3 is 2.30 bits per heavy atom. The predicted molar refractivity (Wildman–Crippen MR) is 92.0 cm³/mol. The van der Waals surface area contributed by atoms with Crippen molar-refractivity contribution in [2.24, 2.45) is 0 Å². The Bertz CT molecular complexity index is 927. The molecule has 0 atom stereocenters. The Balaban J connectivity index is 1.93. The summed E-state index contributed by atoms with van der Waals surface area (Å²) in [7, 11) is 0. The van der Waals surface area contributed by atoms with Gasteiger partial charge in [-0.05, 0) is 31.2 Å². The number of imidazole rings is 1. The molecule has 3 aromatic rings. The zero-order chi connectivity index (χ0) is 16.4. The third kappa shape index (κ3) is 2.87. The molecule has 0 aliphatic heterocycles. The first-order chi connectivity index (χ1) is 11.1. The van der Waals surface area contributed by atoms with Crippen molar-refractivity contribution < 1.29 is 4.79 Å². The molecule has 5 nitrogen and oxygen atoms in total. The minimum absolute atomic E-state index is 0.0580. The molecule has 0 aliphatic rings. The number of amides is 1. The topological polar surface area (TPSA) is 56.0 Å². The number of para-hydroxylation sites is 3. The second-order valence-corrected chi connectivity index (χ2v) is 5.54. The highest BCUT2D eigenvalue weighted by molar-refractivity contribution is 6.33. The van der Waals surface area contributed by atoms with E-state index in [0.717, 1.165) is 11.0 Å². The molecule has 3 rings (SSSR count). The monoisotopic (exact) mass is 329 g/mol. The second kappa shape index (κ2) is 6.30. The van der Waals surface area contributed by atoms with E-state index in [2.05, 4.69) is 5.32 Å². The molecule has 0 radical (unpaired) electrons. The fourth-order valence-electron chi connectivity index (χ4n) is 2.63. The first-order valence-electron chi connectivity index (χ1n) is 7.34. The van der Waals surface area contributed by atoms with Gasteiger partial charge in [-0.15, -0.1) is 0 Å². The van der Waals surface area contributed by atoms with Crippen LogP contribution in [0.5, 0.6) is 0 Å². The van der Waals surface area contributed by atoms with Crippen molar-refractivity contribution in [1.82, 2.24) is 9.13 Å². The SMILES string of the molecule is CCn1c(=O)n(CC(=O)Nc2ccccc2Cl)c2ccccc21. The Morgan fingerprint density at radius 1 is 1.04 bits per heavy atom. The van der Waals surface area contributed by atoms with E-state index >= 15 is 0 Å². The van der Waals surface area contributed by atoms with Crippen LogP contribution >= 0.6 is 11.6 Å². The molecule has 1 heterocycles. The molecule has 1 amide bonds. The molecule has 118 valence electrons. The molecule has 1 aromatic heterocycles. The molecule has 0 saturated heterocycles. The van der Waals surface area contributed by atoms with Crippen LogP contribution < -0.4 is 11.0 Å². The molecule has 2 aromatic carbocycles. The van der Waals surface area contributed by atoms with Gasteiger partial charge in [0.25, 0.3) is 0 Å². The van der Waals surface area contributed by atoms with Crippen LogP contribution in [0.1, 0.15) is 6.92 Å². The Labute approximate surface area is 138 Å². The van der Waals surface area contributed by atoms with Crippen LogP contribution in [-0.4, -0.2) is 15.0 Å². The number of rotatable bonds is 4. The lowest BCUT2D eigenvalue weighted by molar-refractivity contribution is -0.116. The van der Waals surface area contributed by atoms with Crippen molar-refractivity contribution in [3.63, 3.8) is 0 Å². The molecule has 1 N–H and O–H groups in total. The predicted octanol–water partition coefficient (Wildman–Crippen LogP) is 3.12. The summed E-state index contributed by atoms with van der Waals surface area (Å²) in [4.78, 5) is 24.8. The lowest BCUT2D eigenvalue weighted by Gasteiger charge is -2.07. The largest absolute Gasteiger partial charge is 0.329 e. The number of nitrogens with zero attached hydrogens (tertiary/aromatic N) is 2. The Hall–Kier alpha value is -2.53. The van der Waals surface area contributed by atoms with Gasteiger partial charge in [-0.25, -0.2) is 4.79 Å². The van der Waals surface area contributed by atoms with E-state index in [4.69, 9.17) is 11.6 Å². The first kappa shape index (κ1) is 15.4. The fourth-order valence-corrected chi connectivity index (χ4v) is 2.81. The van der Waals surface area contributed by atoms with Crippen molar-refractivity contribution in [3.8, 4) is 0 Å². The molecule has 0 bridgehead atoms. The zero-order valence-electron chi connectivity index (χ0n) is 12.6. The van der Waals surface area contributed by atoms with Gasteiger partial charge < -0.3 is 5.32 Å². The molecule has 0 aliphatic carbocycles. The van der Waals surface area contributed by atoms with Crippen LogP contribution in [0.15, 0.2) is 53.3 Å². The number of anilines is 1. The number of halogens is 1. The Kier molecular flexibility index (Phi) is 4.21. The third-order valence-electron chi connectivity index (χ3n) is 3.69. The van der Waals surface area contributed by atoms with Gasteiger partial charge in [-0.1, -0.05) is 35.9 Å². The fraction of sp³-hybridized carbons (Fsp3) is 0.176. The molecule has 0 fully saturated rings. The molecule has 6 heteroatoms. The highest BCUT2D eigenvalue weighted by atomic mass is 35.5. The second-order valence-electron chi connectivity index (χ2n) is 5.13. The van der Waals surface area contributed by atoms with E-state index in [9.17, 15) is 9.59 Å². The van der Waals surface area contributed by atoms with Crippen molar-refractivity contribution >= 4 is 34.2 Å². The van der Waals surface area contributed by atoms with E-state index in [0.29, 0.717) is 17.3 Å². The summed E-state index contributed by atoms with van der Waals surface area (Å²) in [6.45, 7) is 2.40. The smallest absolute Gasteiger partial charge is 0.323 e. The average Bonchev–Trinajstić information content (AvgIpc) is 2.81. The van der Waals surface area contributed by atoms with E-state index in [1.165, 1.54) is 4.57 Å². The number of nitrogens with one attached hydrogen (secondary N) is 1. The van der Waals surface area contributed by atoms with E-state index in [1.54, 1.807) is 28.8 Å². The van der Waals surface area contributed by atoms with Gasteiger partial charge in [0.05, 0.1) is 21.7 Å². The highest BCUT2D eigenvalue weighted by Crippen LogP contribution is 2.20. The first-order valence-corrected chi connectivity index (χ1v) is 7.72. The minimum Gasteiger partial charge on any atom is -0.323 e. The molecule has 0 spiro atoms. The molecule has 0 unspecified atom stereocenters. The highest BCUT2D eigenvalue weighted by Gasteiger charge is 2.14.